The van der Waals surface area contributed by atoms with Crippen molar-refractivity contribution in [1.82, 2.24) is 9.94 Å². The summed E-state index contributed by atoms with van der Waals surface area (Å²) < 4.78 is 0.982. The summed E-state index contributed by atoms with van der Waals surface area (Å²) in [5, 5.41) is 4.97. The highest BCUT2D eigenvalue weighted by Gasteiger charge is 2.14. The number of aromatic nitrogens is 2. The first-order valence-corrected chi connectivity index (χ1v) is 8.01. The van der Waals surface area contributed by atoms with Crippen LogP contribution in [-0.2, 0) is 4.79 Å². The lowest BCUT2D eigenvalue weighted by Gasteiger charge is -2.05. The third kappa shape index (κ3) is 3.63. The minimum atomic E-state index is -0.446. The van der Waals surface area contributed by atoms with Crippen LogP contribution >= 0.6 is 27.5 Å². The van der Waals surface area contributed by atoms with Crippen molar-refractivity contribution < 1.29 is 9.63 Å². The van der Waals surface area contributed by atoms with E-state index in [4.69, 9.17) is 16.4 Å². The zero-order valence-electron chi connectivity index (χ0n) is 12.2. The minimum Gasteiger partial charge on any atom is -0.319 e. The molecule has 0 atom stereocenters. The van der Waals surface area contributed by atoms with Crippen LogP contribution in [0.1, 0.15) is 6.92 Å². The summed E-state index contributed by atoms with van der Waals surface area (Å²) in [6.45, 7) is 1.34. The standard InChI is InChI=1S/C17H12BrClN2O2/c1-11(22)23-21-17(13-3-2-4-15(19)9-13)10-16(20-21)12-5-7-14(18)8-6-12/h2-10H,1H3. The summed E-state index contributed by atoms with van der Waals surface area (Å²) in [6, 6.07) is 16.9. The first-order chi connectivity index (χ1) is 11.0. The molecule has 0 N–H and O–H groups in total. The monoisotopic (exact) mass is 390 g/mol. The Morgan fingerprint density at radius 1 is 1.13 bits per heavy atom. The van der Waals surface area contributed by atoms with Crippen LogP contribution in [0, 0.1) is 0 Å². The van der Waals surface area contributed by atoms with E-state index >= 15 is 0 Å². The van der Waals surface area contributed by atoms with Gasteiger partial charge < -0.3 is 4.84 Å². The first-order valence-electron chi connectivity index (χ1n) is 6.84. The second-order valence-corrected chi connectivity index (χ2v) is 6.24. The fraction of sp³-hybridized carbons (Fsp3) is 0.0588. The summed E-state index contributed by atoms with van der Waals surface area (Å²) in [5.74, 6) is -0.446. The molecule has 0 saturated carbocycles. The van der Waals surface area contributed by atoms with Crippen LogP contribution in [0.2, 0.25) is 5.02 Å². The third-order valence-electron chi connectivity index (χ3n) is 3.15. The second kappa shape index (κ2) is 6.56. The number of carbonyl (C=O) groups is 1. The van der Waals surface area contributed by atoms with Gasteiger partial charge in [0.25, 0.3) is 0 Å². The van der Waals surface area contributed by atoms with Gasteiger partial charge in [0.15, 0.2) is 0 Å². The minimum absolute atomic E-state index is 0.446. The highest BCUT2D eigenvalue weighted by molar-refractivity contribution is 9.10. The molecule has 0 amide bonds. The van der Waals surface area contributed by atoms with Gasteiger partial charge in [-0.25, -0.2) is 4.79 Å². The van der Waals surface area contributed by atoms with Crippen LogP contribution in [0.25, 0.3) is 22.5 Å². The smallest absolute Gasteiger partial charge is 0.319 e. The molecule has 116 valence electrons. The van der Waals surface area contributed by atoms with E-state index in [1.165, 1.54) is 11.8 Å². The molecule has 23 heavy (non-hydrogen) atoms. The van der Waals surface area contributed by atoms with E-state index in [1.54, 1.807) is 12.1 Å². The molecule has 0 aliphatic rings. The predicted molar refractivity (Wildman–Crippen MR) is 93.1 cm³/mol. The molecule has 0 bridgehead atoms. The van der Waals surface area contributed by atoms with E-state index in [2.05, 4.69) is 21.0 Å². The second-order valence-electron chi connectivity index (χ2n) is 4.89. The maximum Gasteiger partial charge on any atom is 0.331 e. The molecule has 0 spiro atoms. The zero-order valence-corrected chi connectivity index (χ0v) is 14.5. The van der Waals surface area contributed by atoms with Crippen molar-refractivity contribution in [2.45, 2.75) is 6.92 Å². The van der Waals surface area contributed by atoms with Crippen molar-refractivity contribution in [3.63, 3.8) is 0 Å². The predicted octanol–water partition coefficient (Wildman–Crippen LogP) is 4.61. The van der Waals surface area contributed by atoms with Crippen LogP contribution in [0.5, 0.6) is 0 Å². The van der Waals surface area contributed by atoms with Crippen LogP contribution < -0.4 is 4.84 Å². The Balaban J connectivity index is 2.10. The van der Waals surface area contributed by atoms with Gasteiger partial charge >= 0.3 is 5.97 Å². The topological polar surface area (TPSA) is 44.1 Å². The number of hydrogen-bond acceptors (Lipinski definition) is 3. The molecule has 3 aromatic rings. The van der Waals surface area contributed by atoms with Gasteiger partial charge in [-0.05, 0) is 30.3 Å². The number of benzene rings is 2. The van der Waals surface area contributed by atoms with Crippen molar-refractivity contribution >= 4 is 33.5 Å². The lowest BCUT2D eigenvalue weighted by atomic mass is 10.1. The summed E-state index contributed by atoms with van der Waals surface area (Å²) in [4.78, 5) is 17.7. The molecular weight excluding hydrogens is 380 g/mol. The fourth-order valence-electron chi connectivity index (χ4n) is 2.16. The Morgan fingerprint density at radius 3 is 2.52 bits per heavy atom. The average molecular weight is 392 g/mol. The summed E-state index contributed by atoms with van der Waals surface area (Å²) in [7, 11) is 0. The molecule has 0 radical (unpaired) electrons. The Labute approximate surface area is 146 Å². The van der Waals surface area contributed by atoms with E-state index in [-0.39, 0.29) is 0 Å². The molecule has 0 aliphatic carbocycles. The molecule has 0 aliphatic heterocycles. The average Bonchev–Trinajstić information content (AvgIpc) is 2.91. The van der Waals surface area contributed by atoms with Gasteiger partial charge in [-0.1, -0.05) is 56.6 Å². The zero-order chi connectivity index (χ0) is 16.4. The van der Waals surface area contributed by atoms with Crippen LogP contribution in [0.15, 0.2) is 59.1 Å². The van der Waals surface area contributed by atoms with Crippen molar-refractivity contribution in [2.75, 3.05) is 0 Å². The number of halogens is 2. The Hall–Kier alpha value is -2.11. The van der Waals surface area contributed by atoms with E-state index < -0.39 is 5.97 Å². The van der Waals surface area contributed by atoms with Crippen molar-refractivity contribution in [1.29, 1.82) is 0 Å². The summed E-state index contributed by atoms with van der Waals surface area (Å²) >= 11 is 9.46. The van der Waals surface area contributed by atoms with Crippen LogP contribution in [0.3, 0.4) is 0 Å². The van der Waals surface area contributed by atoms with Gasteiger partial charge in [0.2, 0.25) is 0 Å². The molecule has 0 fully saturated rings. The van der Waals surface area contributed by atoms with Crippen LogP contribution in [0.4, 0.5) is 0 Å². The summed E-state index contributed by atoms with van der Waals surface area (Å²) in [5.41, 5.74) is 3.09. The molecule has 0 unspecified atom stereocenters. The quantitative estimate of drug-likeness (QED) is 0.655. The van der Waals surface area contributed by atoms with E-state index in [1.807, 2.05) is 42.5 Å². The molecule has 3 rings (SSSR count). The molecule has 6 heteroatoms. The van der Waals surface area contributed by atoms with Gasteiger partial charge in [-0.2, -0.15) is 0 Å². The fourth-order valence-corrected chi connectivity index (χ4v) is 2.61. The Bertz CT molecular complexity index is 859. The maximum atomic E-state index is 11.3. The third-order valence-corrected chi connectivity index (χ3v) is 3.92. The number of rotatable bonds is 3. The lowest BCUT2D eigenvalue weighted by molar-refractivity contribution is -0.142. The highest BCUT2D eigenvalue weighted by atomic mass is 79.9. The normalized spacial score (nSPS) is 10.6. The highest BCUT2D eigenvalue weighted by Crippen LogP contribution is 2.28. The molecule has 4 nitrogen and oxygen atoms in total. The molecule has 1 heterocycles. The van der Waals surface area contributed by atoms with Gasteiger partial charge in [0.1, 0.15) is 5.69 Å². The molecule has 1 aromatic heterocycles. The largest absolute Gasteiger partial charge is 0.331 e. The molecule has 2 aromatic carbocycles. The number of hydrogen-bond donors (Lipinski definition) is 0. The van der Waals surface area contributed by atoms with Gasteiger partial charge in [0.05, 0.1) is 5.69 Å². The maximum absolute atomic E-state index is 11.3. The molecule has 0 saturated heterocycles. The first kappa shape index (κ1) is 15.8. The van der Waals surface area contributed by atoms with Crippen LogP contribution in [-0.4, -0.2) is 15.9 Å². The molecular formula is C17H12BrClN2O2. The van der Waals surface area contributed by atoms with Crippen molar-refractivity contribution in [3.05, 3.63) is 64.1 Å². The Kier molecular flexibility index (Phi) is 4.50. The van der Waals surface area contributed by atoms with E-state index in [0.29, 0.717) is 16.4 Å². The van der Waals surface area contributed by atoms with Gasteiger partial charge in [0, 0.05) is 27.5 Å². The van der Waals surface area contributed by atoms with Gasteiger partial charge in [-0.3, -0.25) is 0 Å². The van der Waals surface area contributed by atoms with E-state index in [0.717, 1.165) is 15.6 Å². The van der Waals surface area contributed by atoms with Crippen molar-refractivity contribution in [2.24, 2.45) is 0 Å². The lowest BCUT2D eigenvalue weighted by Crippen LogP contribution is -2.18. The van der Waals surface area contributed by atoms with Gasteiger partial charge in [-0.15, -0.1) is 5.10 Å². The van der Waals surface area contributed by atoms with Crippen molar-refractivity contribution in [3.8, 4) is 22.5 Å². The number of nitrogens with zero attached hydrogens (tertiary/aromatic N) is 2. The SMILES string of the molecule is CC(=O)On1nc(-c2ccc(Br)cc2)cc1-c1cccc(Cl)c1. The Morgan fingerprint density at radius 2 is 1.87 bits per heavy atom. The van der Waals surface area contributed by atoms with E-state index in [9.17, 15) is 4.79 Å². The summed E-state index contributed by atoms with van der Waals surface area (Å²) in [6.07, 6.45) is 0. The number of carbonyl (C=O) groups excluding carboxylic acids is 1.